The lowest BCUT2D eigenvalue weighted by atomic mass is 9.75. The first-order valence-corrected chi connectivity index (χ1v) is 17.6. The second kappa shape index (κ2) is 12.3. The van der Waals surface area contributed by atoms with Gasteiger partial charge in [0.25, 0.3) is 0 Å². The zero-order valence-corrected chi connectivity index (χ0v) is 27.6. The number of hydrogen-bond acceptors (Lipinski definition) is 6. The van der Waals surface area contributed by atoms with Crippen molar-refractivity contribution in [2.75, 3.05) is 13.1 Å². The molecule has 8 rings (SSSR count). The van der Waals surface area contributed by atoms with Crippen LogP contribution in [-0.4, -0.2) is 56.4 Å². The summed E-state index contributed by atoms with van der Waals surface area (Å²) in [6.45, 7) is 1.29. The molecular formula is C37H42ClN5O4. The van der Waals surface area contributed by atoms with Gasteiger partial charge in [0.05, 0.1) is 30.0 Å². The largest absolute Gasteiger partial charge is 0.446 e. The average Bonchev–Trinajstić information content (AvgIpc) is 3.98. The molecule has 3 aromatic rings. The highest BCUT2D eigenvalue weighted by Gasteiger charge is 2.57. The summed E-state index contributed by atoms with van der Waals surface area (Å²) < 4.78 is 13.9. The van der Waals surface area contributed by atoms with Gasteiger partial charge in [-0.05, 0) is 123 Å². The number of ether oxygens (including phenoxy) is 2. The van der Waals surface area contributed by atoms with Crippen LogP contribution in [0.15, 0.2) is 49.1 Å². The molecule has 0 bridgehead atoms. The van der Waals surface area contributed by atoms with Gasteiger partial charge in [0.1, 0.15) is 11.7 Å². The van der Waals surface area contributed by atoms with Crippen molar-refractivity contribution in [3.05, 3.63) is 82.2 Å². The van der Waals surface area contributed by atoms with Gasteiger partial charge in [0.2, 0.25) is 0 Å². The summed E-state index contributed by atoms with van der Waals surface area (Å²) in [6.07, 6.45) is 17.0. The van der Waals surface area contributed by atoms with Gasteiger partial charge >= 0.3 is 12.2 Å². The SMILES string of the molecule is Cn1cncc1C(NC(=O)OC1(C2CC2)CC1)C1=Cc2cccnc2C(C2CCN(C(=O)OC3CCCC3)CC2)c2ccc(Cl)cc21. The quantitative estimate of drug-likeness (QED) is 0.281. The predicted molar refractivity (Wildman–Crippen MR) is 179 cm³/mol. The number of carbonyl (C=O) groups is 2. The van der Waals surface area contributed by atoms with E-state index in [4.69, 9.17) is 26.1 Å². The number of rotatable bonds is 7. The van der Waals surface area contributed by atoms with E-state index >= 15 is 0 Å². The third kappa shape index (κ3) is 6.03. The summed E-state index contributed by atoms with van der Waals surface area (Å²) in [4.78, 5) is 37.9. The first-order valence-electron chi connectivity index (χ1n) is 17.3. The van der Waals surface area contributed by atoms with Crippen LogP contribution >= 0.6 is 11.6 Å². The number of aromatic nitrogens is 3. The van der Waals surface area contributed by atoms with E-state index in [2.05, 4.69) is 28.5 Å². The molecular weight excluding hydrogens is 614 g/mol. The Bertz CT molecular complexity index is 1700. The van der Waals surface area contributed by atoms with Crippen molar-refractivity contribution in [1.82, 2.24) is 24.8 Å². The fourth-order valence-corrected chi connectivity index (χ4v) is 8.40. The van der Waals surface area contributed by atoms with Crippen LogP contribution < -0.4 is 5.32 Å². The second-order valence-electron chi connectivity index (χ2n) is 14.1. The lowest BCUT2D eigenvalue weighted by Gasteiger charge is -2.36. The molecule has 9 nitrogen and oxygen atoms in total. The third-order valence-electron chi connectivity index (χ3n) is 11.1. The normalized spacial score (nSPS) is 22.8. The molecule has 2 amide bonds. The van der Waals surface area contributed by atoms with Crippen LogP contribution in [-0.2, 0) is 16.5 Å². The minimum atomic E-state index is -0.541. The molecule has 10 heteroatoms. The van der Waals surface area contributed by atoms with Crippen LogP contribution in [0.5, 0.6) is 0 Å². The summed E-state index contributed by atoms with van der Waals surface area (Å²) >= 11 is 6.74. The molecule has 0 spiro atoms. The molecule has 1 saturated heterocycles. The topological polar surface area (TPSA) is 98.6 Å². The van der Waals surface area contributed by atoms with Gasteiger partial charge in [0.15, 0.2) is 0 Å². The smallest absolute Gasteiger partial charge is 0.410 e. The van der Waals surface area contributed by atoms with Crippen molar-refractivity contribution >= 4 is 35.4 Å². The number of carbonyl (C=O) groups excluding carboxylic acids is 2. The van der Waals surface area contributed by atoms with Crippen LogP contribution in [0.4, 0.5) is 9.59 Å². The molecule has 1 N–H and O–H groups in total. The second-order valence-corrected chi connectivity index (χ2v) is 14.6. The fourth-order valence-electron chi connectivity index (χ4n) is 8.22. The number of aryl methyl sites for hydroxylation is 1. The van der Waals surface area contributed by atoms with Crippen LogP contribution in [0, 0.1) is 11.8 Å². The van der Waals surface area contributed by atoms with Gasteiger partial charge < -0.3 is 24.3 Å². The molecule has 2 aromatic heterocycles. The number of piperidine rings is 1. The Morgan fingerprint density at radius 3 is 2.55 bits per heavy atom. The summed E-state index contributed by atoms with van der Waals surface area (Å²) in [5.41, 5.74) is 5.53. The molecule has 4 fully saturated rings. The molecule has 0 radical (unpaired) electrons. The Morgan fingerprint density at radius 1 is 1.06 bits per heavy atom. The Morgan fingerprint density at radius 2 is 1.85 bits per heavy atom. The molecule has 246 valence electrons. The summed E-state index contributed by atoms with van der Waals surface area (Å²) in [6, 6.07) is 9.59. The van der Waals surface area contributed by atoms with Crippen molar-refractivity contribution in [3.63, 3.8) is 0 Å². The molecule has 47 heavy (non-hydrogen) atoms. The van der Waals surface area contributed by atoms with Gasteiger partial charge in [-0.25, -0.2) is 14.6 Å². The van der Waals surface area contributed by atoms with E-state index in [1.807, 2.05) is 40.9 Å². The van der Waals surface area contributed by atoms with E-state index in [0.29, 0.717) is 24.0 Å². The van der Waals surface area contributed by atoms with E-state index in [9.17, 15) is 9.59 Å². The summed E-state index contributed by atoms with van der Waals surface area (Å²) in [7, 11) is 1.94. The van der Waals surface area contributed by atoms with E-state index in [0.717, 1.165) is 97.9 Å². The van der Waals surface area contributed by atoms with Gasteiger partial charge in [-0.1, -0.05) is 23.7 Å². The number of pyridine rings is 1. The molecule has 2 atom stereocenters. The minimum Gasteiger partial charge on any atom is -0.446 e. The fraction of sp³-hybridized carbons (Fsp3) is 0.514. The summed E-state index contributed by atoms with van der Waals surface area (Å²) in [5, 5.41) is 3.88. The lowest BCUT2D eigenvalue weighted by molar-refractivity contribution is 0.0542. The third-order valence-corrected chi connectivity index (χ3v) is 11.3. The zero-order valence-electron chi connectivity index (χ0n) is 26.9. The molecule has 1 aromatic carbocycles. The van der Waals surface area contributed by atoms with Crippen molar-refractivity contribution in [1.29, 1.82) is 0 Å². The minimum absolute atomic E-state index is 0.0241. The van der Waals surface area contributed by atoms with Crippen molar-refractivity contribution < 1.29 is 19.1 Å². The lowest BCUT2D eigenvalue weighted by Crippen LogP contribution is -2.41. The predicted octanol–water partition coefficient (Wildman–Crippen LogP) is 7.66. The maximum atomic E-state index is 13.6. The maximum Gasteiger partial charge on any atom is 0.410 e. The standard InChI is InChI=1S/C37H42ClN5O4/c1-42-22-39-21-31(42)34(41-35(44)47-37(14-15-37)25-8-9-25)30-19-24-5-4-16-40-33(24)32(28-11-10-26(38)20-29(28)30)23-12-17-43(18-13-23)36(45)46-27-6-2-3-7-27/h4-5,10-11,16,19-23,25,27,32,34H,2-3,6-9,12-15,17-18H2,1H3,(H,41,44). The number of fused-ring (bicyclic) bond motifs is 2. The Labute approximate surface area is 280 Å². The van der Waals surface area contributed by atoms with E-state index in [-0.39, 0.29) is 29.6 Å². The van der Waals surface area contributed by atoms with Crippen LogP contribution in [0.2, 0.25) is 5.02 Å². The summed E-state index contributed by atoms with van der Waals surface area (Å²) in [5.74, 6) is 0.701. The number of alkyl carbamates (subject to hydrolysis) is 1. The monoisotopic (exact) mass is 655 g/mol. The van der Waals surface area contributed by atoms with Gasteiger partial charge in [-0.2, -0.15) is 0 Å². The Hall–Kier alpha value is -3.85. The van der Waals surface area contributed by atoms with Crippen LogP contribution in [0.25, 0.3) is 11.6 Å². The molecule has 4 aliphatic carbocycles. The first-order chi connectivity index (χ1) is 22.9. The van der Waals surface area contributed by atoms with Crippen molar-refractivity contribution in [3.8, 4) is 0 Å². The molecule has 1 aliphatic heterocycles. The molecule has 3 heterocycles. The van der Waals surface area contributed by atoms with Gasteiger partial charge in [0, 0.05) is 37.3 Å². The van der Waals surface area contributed by atoms with Gasteiger partial charge in [-0.15, -0.1) is 0 Å². The number of halogens is 1. The maximum absolute atomic E-state index is 13.6. The molecule has 2 unspecified atom stereocenters. The van der Waals surface area contributed by atoms with Gasteiger partial charge in [-0.3, -0.25) is 4.98 Å². The number of hydrogen-bond donors (Lipinski definition) is 1. The molecule has 3 saturated carbocycles. The Balaban J connectivity index is 1.13. The van der Waals surface area contributed by atoms with E-state index < -0.39 is 12.1 Å². The number of nitrogens with zero attached hydrogens (tertiary/aromatic N) is 4. The highest BCUT2D eigenvalue weighted by Crippen LogP contribution is 2.56. The highest BCUT2D eigenvalue weighted by atomic mass is 35.5. The number of imidazole rings is 1. The number of amides is 2. The number of nitrogens with one attached hydrogen (secondary N) is 1. The number of benzene rings is 1. The van der Waals surface area contributed by atoms with Crippen LogP contribution in [0.3, 0.4) is 0 Å². The van der Waals surface area contributed by atoms with E-state index in [1.54, 1.807) is 12.5 Å². The van der Waals surface area contributed by atoms with E-state index in [1.165, 1.54) is 0 Å². The van der Waals surface area contributed by atoms with Crippen molar-refractivity contribution in [2.24, 2.45) is 18.9 Å². The Kier molecular flexibility index (Phi) is 7.98. The van der Waals surface area contributed by atoms with Crippen molar-refractivity contribution in [2.45, 2.75) is 87.9 Å². The first kappa shape index (κ1) is 30.5. The van der Waals surface area contributed by atoms with Crippen LogP contribution in [0.1, 0.15) is 104 Å². The molecule has 5 aliphatic rings. The highest BCUT2D eigenvalue weighted by molar-refractivity contribution is 6.30. The average molecular weight is 656 g/mol. The number of likely N-dealkylation sites (tertiary alicyclic amines) is 1. The zero-order chi connectivity index (χ0) is 32.1.